The van der Waals surface area contributed by atoms with Gasteiger partial charge in [0.2, 0.25) is 16.6 Å². The molecule has 0 atom stereocenters. The number of para-hydroxylation sites is 1. The Bertz CT molecular complexity index is 1360. The molecule has 0 aliphatic rings. The summed E-state index contributed by atoms with van der Waals surface area (Å²) in [4.78, 5) is 14.0. The molecule has 0 saturated heterocycles. The van der Waals surface area contributed by atoms with Crippen LogP contribution < -0.4 is 13.6 Å². The maximum Gasteiger partial charge on any atom is 0.347 e. The molecule has 0 spiro atoms. The maximum atomic E-state index is 14.0. The van der Waals surface area contributed by atoms with Gasteiger partial charge in [0, 0.05) is 10.8 Å². The van der Waals surface area contributed by atoms with E-state index in [0.717, 1.165) is 46.2 Å². The van der Waals surface area contributed by atoms with Crippen molar-refractivity contribution in [2.45, 2.75) is 143 Å². The Morgan fingerprint density at radius 2 is 1.16 bits per heavy atom. The summed E-state index contributed by atoms with van der Waals surface area (Å²) >= 11 is 0. The van der Waals surface area contributed by atoms with E-state index in [4.69, 9.17) is 13.6 Å². The van der Waals surface area contributed by atoms with Crippen LogP contribution in [0.2, 0.25) is 38.3 Å². The molecule has 0 bridgehead atoms. The van der Waals surface area contributed by atoms with Gasteiger partial charge in [-0.1, -0.05) is 127 Å². The van der Waals surface area contributed by atoms with E-state index >= 15 is 0 Å². The molecule has 3 rings (SSSR count). The minimum absolute atomic E-state index is 0.396. The van der Waals surface area contributed by atoms with E-state index in [2.05, 4.69) is 65.2 Å². The highest BCUT2D eigenvalue weighted by Gasteiger charge is 2.32. The number of benzene rings is 3. The standard InChI is InChI=1S/C39H60O4Si2/c1-9-11-13-15-17-21-28-44(5,6)42-36-30-34(39(40)41-35-27-20-19-24-31(35)3)38(33-26-23-25-32(4)37(33)36)43-45(7,8)29-22-18-16-14-12-10-2/h19-20,23-27,30H,9-18,21-22,28-29H2,1-8H3. The number of hydrogen-bond acceptors (Lipinski definition) is 4. The number of carbonyl (C=O) groups is 1. The van der Waals surface area contributed by atoms with E-state index in [1.807, 2.05) is 37.3 Å². The third kappa shape index (κ3) is 11.6. The fraction of sp³-hybridized carbons (Fsp3) is 0.564. The molecule has 0 fully saturated rings. The van der Waals surface area contributed by atoms with Crippen LogP contribution in [0.15, 0.2) is 48.5 Å². The molecule has 248 valence electrons. The topological polar surface area (TPSA) is 44.8 Å². The predicted octanol–water partition coefficient (Wildman–Crippen LogP) is 12.6. The Morgan fingerprint density at radius 3 is 1.76 bits per heavy atom. The Labute approximate surface area is 276 Å². The molecule has 0 aliphatic carbocycles. The van der Waals surface area contributed by atoms with Crippen LogP contribution in [0.3, 0.4) is 0 Å². The molecule has 0 unspecified atom stereocenters. The molecule has 6 heteroatoms. The van der Waals surface area contributed by atoms with Crippen molar-refractivity contribution in [1.29, 1.82) is 0 Å². The van der Waals surface area contributed by atoms with Gasteiger partial charge in [-0.05, 0) is 75.4 Å². The molecular weight excluding hydrogens is 589 g/mol. The summed E-state index contributed by atoms with van der Waals surface area (Å²) in [5.74, 6) is 1.61. The summed E-state index contributed by atoms with van der Waals surface area (Å²) < 4.78 is 20.0. The van der Waals surface area contributed by atoms with Gasteiger partial charge in [-0.3, -0.25) is 0 Å². The first-order valence-corrected chi connectivity index (χ1v) is 23.9. The summed E-state index contributed by atoms with van der Waals surface area (Å²) in [5.41, 5.74) is 2.51. The van der Waals surface area contributed by atoms with Crippen LogP contribution in [0.4, 0.5) is 0 Å². The van der Waals surface area contributed by atoms with Crippen molar-refractivity contribution < 1.29 is 18.4 Å². The highest BCUT2D eigenvalue weighted by atomic mass is 28.4. The predicted molar refractivity (Wildman–Crippen MR) is 197 cm³/mol. The SMILES string of the molecule is CCCCCCCC[Si](C)(C)Oc1c(C(=O)Oc2ccccc2C)cc(O[Si](C)(C)CCCCCCCC)c2c(C)cccc12. The van der Waals surface area contributed by atoms with Gasteiger partial charge in [-0.15, -0.1) is 0 Å². The van der Waals surface area contributed by atoms with Gasteiger partial charge >= 0.3 is 5.97 Å². The molecule has 0 heterocycles. The second-order valence-electron chi connectivity index (χ2n) is 14.2. The smallest absolute Gasteiger partial charge is 0.347 e. The number of fused-ring (bicyclic) bond motifs is 1. The van der Waals surface area contributed by atoms with Crippen LogP contribution >= 0.6 is 0 Å². The zero-order valence-electron chi connectivity index (χ0n) is 29.7. The second-order valence-corrected chi connectivity index (χ2v) is 22.6. The van der Waals surface area contributed by atoms with E-state index < -0.39 is 22.6 Å². The first-order chi connectivity index (χ1) is 21.5. The normalized spacial score (nSPS) is 12.0. The van der Waals surface area contributed by atoms with Crippen molar-refractivity contribution in [3.63, 3.8) is 0 Å². The molecule has 0 radical (unpaired) electrons. The van der Waals surface area contributed by atoms with Crippen LogP contribution in [-0.2, 0) is 0 Å². The number of hydrogen-bond donors (Lipinski definition) is 0. The molecule has 0 saturated carbocycles. The zero-order chi connectivity index (χ0) is 32.9. The fourth-order valence-corrected chi connectivity index (χ4v) is 10.0. The minimum atomic E-state index is -2.16. The number of ether oxygens (including phenoxy) is 1. The van der Waals surface area contributed by atoms with Crippen LogP contribution in [0.1, 0.15) is 112 Å². The van der Waals surface area contributed by atoms with Crippen molar-refractivity contribution in [3.05, 3.63) is 65.2 Å². The molecular formula is C39H60O4Si2. The lowest BCUT2D eigenvalue weighted by Crippen LogP contribution is -2.35. The lowest BCUT2D eigenvalue weighted by molar-refractivity contribution is 0.0731. The Hall–Kier alpha value is -2.58. The number of rotatable bonds is 20. The zero-order valence-corrected chi connectivity index (χ0v) is 31.7. The largest absolute Gasteiger partial charge is 0.544 e. The summed E-state index contributed by atoms with van der Waals surface area (Å²) in [5, 5.41) is 1.99. The molecule has 0 aromatic heterocycles. The Balaban J connectivity index is 1.98. The van der Waals surface area contributed by atoms with E-state index in [-0.39, 0.29) is 0 Å². The molecule has 4 nitrogen and oxygen atoms in total. The molecule has 45 heavy (non-hydrogen) atoms. The van der Waals surface area contributed by atoms with Crippen molar-refractivity contribution in [2.75, 3.05) is 0 Å². The van der Waals surface area contributed by atoms with Gasteiger partial charge in [0.1, 0.15) is 22.8 Å². The van der Waals surface area contributed by atoms with Crippen LogP contribution in [0.5, 0.6) is 17.2 Å². The van der Waals surface area contributed by atoms with E-state index in [0.29, 0.717) is 17.1 Å². The summed E-state index contributed by atoms with van der Waals surface area (Å²) in [6.07, 6.45) is 15.2. The third-order valence-electron chi connectivity index (χ3n) is 8.83. The van der Waals surface area contributed by atoms with Crippen LogP contribution in [0, 0.1) is 13.8 Å². The molecule has 0 amide bonds. The Kier molecular flexibility index (Phi) is 14.7. The van der Waals surface area contributed by atoms with Gasteiger partial charge in [-0.2, -0.15) is 0 Å². The van der Waals surface area contributed by atoms with Crippen molar-refractivity contribution >= 4 is 33.4 Å². The number of unbranched alkanes of at least 4 members (excludes halogenated alkanes) is 10. The fourth-order valence-electron chi connectivity index (χ4n) is 6.10. The van der Waals surface area contributed by atoms with E-state index in [9.17, 15) is 4.79 Å². The lowest BCUT2D eigenvalue weighted by atomic mass is 10.0. The minimum Gasteiger partial charge on any atom is -0.544 e. The van der Waals surface area contributed by atoms with Gasteiger partial charge in [0.15, 0.2) is 0 Å². The number of carbonyl (C=O) groups excluding carboxylic acids is 1. The lowest BCUT2D eigenvalue weighted by Gasteiger charge is -2.30. The summed E-state index contributed by atoms with van der Waals surface area (Å²) in [6, 6.07) is 18.0. The third-order valence-corrected chi connectivity index (χ3v) is 13.5. The second kappa shape index (κ2) is 17.9. The van der Waals surface area contributed by atoms with E-state index in [1.54, 1.807) is 0 Å². The van der Waals surface area contributed by atoms with Gasteiger partial charge in [-0.25, -0.2) is 4.79 Å². The van der Waals surface area contributed by atoms with Crippen LogP contribution in [-0.4, -0.2) is 22.6 Å². The summed E-state index contributed by atoms with van der Waals surface area (Å²) in [7, 11) is -4.24. The monoisotopic (exact) mass is 648 g/mol. The quantitative estimate of drug-likeness (QED) is 0.0529. The summed E-state index contributed by atoms with van der Waals surface area (Å²) in [6.45, 7) is 17.8. The Morgan fingerprint density at radius 1 is 0.622 bits per heavy atom. The molecule has 0 N–H and O–H groups in total. The maximum absolute atomic E-state index is 14.0. The van der Waals surface area contributed by atoms with Gasteiger partial charge < -0.3 is 13.6 Å². The van der Waals surface area contributed by atoms with Gasteiger partial charge in [0.05, 0.1) is 0 Å². The van der Waals surface area contributed by atoms with Gasteiger partial charge in [0.25, 0.3) is 0 Å². The molecule has 3 aromatic carbocycles. The van der Waals surface area contributed by atoms with Crippen molar-refractivity contribution in [1.82, 2.24) is 0 Å². The average molecular weight is 649 g/mol. The van der Waals surface area contributed by atoms with Crippen molar-refractivity contribution in [3.8, 4) is 17.2 Å². The number of aryl methyl sites for hydroxylation is 2. The highest BCUT2D eigenvalue weighted by Crippen LogP contribution is 2.42. The first kappa shape index (κ1) is 36.9. The first-order valence-electron chi connectivity index (χ1n) is 17.7. The molecule has 3 aromatic rings. The van der Waals surface area contributed by atoms with E-state index in [1.165, 1.54) is 70.6 Å². The van der Waals surface area contributed by atoms with Crippen LogP contribution in [0.25, 0.3) is 10.8 Å². The molecule has 0 aliphatic heterocycles. The highest BCUT2D eigenvalue weighted by molar-refractivity contribution is 6.72. The number of esters is 1. The van der Waals surface area contributed by atoms with Crippen molar-refractivity contribution in [2.24, 2.45) is 0 Å². The average Bonchev–Trinajstić information content (AvgIpc) is 2.98.